The number of aromatic carboxylic acids is 1. The Morgan fingerprint density at radius 2 is 1.58 bits per heavy atom. The van der Waals surface area contributed by atoms with Crippen molar-refractivity contribution >= 4 is 27.6 Å². The SMILES string of the molecule is CN(C)S(=O)(=O)c1ccc(NC(=O)c2nccnc2C(=O)[O-])cc1. The quantitative estimate of drug-likeness (QED) is 0.758. The van der Waals surface area contributed by atoms with Crippen LogP contribution in [0.1, 0.15) is 21.0 Å². The lowest BCUT2D eigenvalue weighted by molar-refractivity contribution is -0.255. The van der Waals surface area contributed by atoms with Gasteiger partial charge in [0.2, 0.25) is 10.0 Å². The number of hydrogen-bond donors (Lipinski definition) is 1. The number of nitrogens with zero attached hydrogens (tertiary/aromatic N) is 3. The lowest BCUT2D eigenvalue weighted by Gasteiger charge is -2.12. The van der Waals surface area contributed by atoms with Crippen molar-refractivity contribution in [1.82, 2.24) is 14.3 Å². The van der Waals surface area contributed by atoms with E-state index in [4.69, 9.17) is 0 Å². The third-order valence-corrected chi connectivity index (χ3v) is 4.83. The van der Waals surface area contributed by atoms with Gasteiger partial charge in [0.05, 0.1) is 10.9 Å². The van der Waals surface area contributed by atoms with Crippen LogP contribution in [-0.4, -0.2) is 48.7 Å². The molecule has 10 heteroatoms. The molecule has 0 aliphatic carbocycles. The Morgan fingerprint density at radius 3 is 2.08 bits per heavy atom. The molecule has 126 valence electrons. The smallest absolute Gasteiger partial charge is 0.276 e. The summed E-state index contributed by atoms with van der Waals surface area (Å²) >= 11 is 0. The number of carbonyl (C=O) groups is 2. The summed E-state index contributed by atoms with van der Waals surface area (Å²) in [5.41, 5.74) is -0.711. The van der Waals surface area contributed by atoms with Crippen LogP contribution in [0.15, 0.2) is 41.6 Å². The summed E-state index contributed by atoms with van der Waals surface area (Å²) < 4.78 is 25.0. The zero-order valence-corrected chi connectivity index (χ0v) is 13.6. The average molecular weight is 349 g/mol. The van der Waals surface area contributed by atoms with E-state index in [9.17, 15) is 23.1 Å². The Hall–Kier alpha value is -2.85. The van der Waals surface area contributed by atoms with Crippen LogP contribution in [0.2, 0.25) is 0 Å². The van der Waals surface area contributed by atoms with Crippen LogP contribution in [0.25, 0.3) is 0 Å². The van der Waals surface area contributed by atoms with Gasteiger partial charge in [-0.1, -0.05) is 0 Å². The van der Waals surface area contributed by atoms with Crippen molar-refractivity contribution < 1.29 is 23.1 Å². The first-order chi connectivity index (χ1) is 11.2. The predicted octanol–water partition coefficient (Wildman–Crippen LogP) is -0.657. The molecule has 1 amide bonds. The van der Waals surface area contributed by atoms with E-state index in [2.05, 4.69) is 15.3 Å². The van der Waals surface area contributed by atoms with E-state index in [-0.39, 0.29) is 10.6 Å². The minimum atomic E-state index is -3.58. The maximum absolute atomic E-state index is 12.1. The van der Waals surface area contributed by atoms with Crippen molar-refractivity contribution in [3.05, 3.63) is 48.0 Å². The third-order valence-electron chi connectivity index (χ3n) is 3.00. The van der Waals surface area contributed by atoms with E-state index >= 15 is 0 Å². The number of amides is 1. The van der Waals surface area contributed by atoms with E-state index in [0.717, 1.165) is 10.5 Å². The van der Waals surface area contributed by atoms with Crippen LogP contribution in [0.5, 0.6) is 0 Å². The molecule has 0 bridgehead atoms. The Balaban J connectivity index is 2.24. The van der Waals surface area contributed by atoms with Crippen molar-refractivity contribution in [2.45, 2.75) is 4.90 Å². The van der Waals surface area contributed by atoms with Crippen molar-refractivity contribution in [2.24, 2.45) is 0 Å². The Bertz CT molecular complexity index is 878. The number of benzene rings is 1. The first-order valence-electron chi connectivity index (χ1n) is 6.60. The number of anilines is 1. The summed E-state index contributed by atoms with van der Waals surface area (Å²) in [5.74, 6) is -2.42. The second-order valence-electron chi connectivity index (χ2n) is 4.81. The van der Waals surface area contributed by atoms with Gasteiger partial charge >= 0.3 is 0 Å². The molecule has 0 atom stereocenters. The van der Waals surface area contributed by atoms with Gasteiger partial charge in [0.1, 0.15) is 5.69 Å². The lowest BCUT2D eigenvalue weighted by atomic mass is 10.2. The number of rotatable bonds is 5. The molecule has 2 aromatic rings. The maximum atomic E-state index is 12.1. The van der Waals surface area contributed by atoms with Crippen molar-refractivity contribution in [2.75, 3.05) is 19.4 Å². The summed E-state index contributed by atoms with van der Waals surface area (Å²) in [6, 6.07) is 5.40. The van der Waals surface area contributed by atoms with Gasteiger partial charge in [0.15, 0.2) is 5.69 Å². The highest BCUT2D eigenvalue weighted by Gasteiger charge is 2.18. The van der Waals surface area contributed by atoms with Crippen molar-refractivity contribution in [3.63, 3.8) is 0 Å². The van der Waals surface area contributed by atoms with Gasteiger partial charge in [0.25, 0.3) is 5.91 Å². The van der Waals surface area contributed by atoms with Gasteiger partial charge in [-0.15, -0.1) is 0 Å². The number of carboxylic acid groups (broad SMARTS) is 1. The van der Waals surface area contributed by atoms with E-state index in [1.54, 1.807) is 0 Å². The highest BCUT2D eigenvalue weighted by atomic mass is 32.2. The van der Waals surface area contributed by atoms with Crippen LogP contribution in [0.4, 0.5) is 5.69 Å². The van der Waals surface area contributed by atoms with E-state index < -0.39 is 33.3 Å². The van der Waals surface area contributed by atoms with E-state index in [1.807, 2.05) is 0 Å². The van der Waals surface area contributed by atoms with Crippen LogP contribution in [-0.2, 0) is 10.0 Å². The van der Waals surface area contributed by atoms with Crippen molar-refractivity contribution in [3.8, 4) is 0 Å². The monoisotopic (exact) mass is 349 g/mol. The van der Waals surface area contributed by atoms with Gasteiger partial charge in [-0.25, -0.2) is 17.7 Å². The molecule has 0 fully saturated rings. The Kier molecular flexibility index (Phi) is 4.90. The molecule has 1 N–H and O–H groups in total. The van der Waals surface area contributed by atoms with E-state index in [0.29, 0.717) is 0 Å². The maximum Gasteiger partial charge on any atom is 0.276 e. The molecule has 0 saturated carbocycles. The number of aromatic nitrogens is 2. The molecule has 1 aromatic heterocycles. The first-order valence-corrected chi connectivity index (χ1v) is 8.04. The summed E-state index contributed by atoms with van der Waals surface area (Å²) in [7, 11) is -0.773. The third kappa shape index (κ3) is 3.55. The zero-order chi connectivity index (χ0) is 17.9. The first kappa shape index (κ1) is 17.5. The fourth-order valence-electron chi connectivity index (χ4n) is 1.76. The van der Waals surface area contributed by atoms with Crippen LogP contribution in [0.3, 0.4) is 0 Å². The summed E-state index contributed by atoms with van der Waals surface area (Å²) in [6.07, 6.45) is 2.30. The lowest BCUT2D eigenvalue weighted by Crippen LogP contribution is -2.28. The minimum absolute atomic E-state index is 0.0560. The van der Waals surface area contributed by atoms with Gasteiger partial charge in [-0.2, -0.15) is 0 Å². The molecule has 0 unspecified atom stereocenters. The Labute approximate surface area is 138 Å². The molecule has 24 heavy (non-hydrogen) atoms. The second-order valence-corrected chi connectivity index (χ2v) is 6.96. The number of carbonyl (C=O) groups excluding carboxylic acids is 2. The minimum Gasteiger partial charge on any atom is -0.543 e. The summed E-state index contributed by atoms with van der Waals surface area (Å²) in [5, 5.41) is 13.4. The van der Waals surface area contributed by atoms with Crippen LogP contribution < -0.4 is 10.4 Å². The highest BCUT2D eigenvalue weighted by Crippen LogP contribution is 2.17. The largest absolute Gasteiger partial charge is 0.543 e. The number of hydrogen-bond acceptors (Lipinski definition) is 7. The summed E-state index contributed by atoms with van der Waals surface area (Å²) in [6.45, 7) is 0. The predicted molar refractivity (Wildman–Crippen MR) is 81.6 cm³/mol. The topological polar surface area (TPSA) is 132 Å². The van der Waals surface area contributed by atoms with E-state index in [1.165, 1.54) is 44.6 Å². The van der Waals surface area contributed by atoms with Gasteiger partial charge in [0, 0.05) is 32.2 Å². The second kappa shape index (κ2) is 6.72. The van der Waals surface area contributed by atoms with Crippen LogP contribution in [0, 0.1) is 0 Å². The molecule has 9 nitrogen and oxygen atoms in total. The fraction of sp³-hybridized carbons (Fsp3) is 0.143. The molecular weight excluding hydrogens is 336 g/mol. The Morgan fingerprint density at radius 1 is 1.04 bits per heavy atom. The molecule has 1 aromatic carbocycles. The highest BCUT2D eigenvalue weighted by molar-refractivity contribution is 7.89. The average Bonchev–Trinajstić information content (AvgIpc) is 2.55. The number of nitrogens with one attached hydrogen (secondary N) is 1. The molecule has 0 radical (unpaired) electrons. The number of carboxylic acids is 1. The standard InChI is InChI=1S/C14H14N4O5S/c1-18(2)24(22,23)10-5-3-9(4-6-10)17-13(19)11-12(14(20)21)16-8-7-15-11/h3-8H,1-2H3,(H,17,19)(H,20,21)/p-1. The van der Waals surface area contributed by atoms with Gasteiger partial charge in [-0.05, 0) is 24.3 Å². The zero-order valence-electron chi connectivity index (χ0n) is 12.8. The fourth-order valence-corrected chi connectivity index (χ4v) is 2.67. The molecule has 0 spiro atoms. The van der Waals surface area contributed by atoms with Crippen molar-refractivity contribution in [1.29, 1.82) is 0 Å². The normalized spacial score (nSPS) is 11.3. The van der Waals surface area contributed by atoms with Gasteiger partial charge in [-0.3, -0.25) is 9.78 Å². The molecule has 1 heterocycles. The molecule has 0 aliphatic heterocycles. The van der Waals surface area contributed by atoms with Crippen LogP contribution >= 0.6 is 0 Å². The molecule has 0 aliphatic rings. The molecular formula is C14H13N4O5S-. The molecule has 2 rings (SSSR count). The molecule has 0 saturated heterocycles. The summed E-state index contributed by atoms with van der Waals surface area (Å²) in [4.78, 5) is 30.3. The number of sulfonamides is 1. The van der Waals surface area contributed by atoms with Gasteiger partial charge < -0.3 is 15.2 Å².